The van der Waals surface area contributed by atoms with E-state index in [-0.39, 0.29) is 12.1 Å². The van der Waals surface area contributed by atoms with E-state index in [2.05, 4.69) is 233 Å². The Bertz CT molecular complexity index is 5850. The lowest BCUT2D eigenvalue weighted by Crippen LogP contribution is -2.56. The number of piperidine rings is 1. The summed E-state index contributed by atoms with van der Waals surface area (Å²) in [6.07, 6.45) is 23.2. The minimum Gasteiger partial charge on any atom is -0.383 e. The molecule has 654 valence electrons. The van der Waals surface area contributed by atoms with E-state index in [1.165, 1.54) is 25.7 Å². The van der Waals surface area contributed by atoms with Gasteiger partial charge in [0, 0.05) is 164 Å². The predicted octanol–water partition coefficient (Wildman–Crippen LogP) is 6.19. The number of hydrogen-bond donors (Lipinski definition) is 16. The van der Waals surface area contributed by atoms with E-state index < -0.39 is 0 Å². The number of anilines is 14. The zero-order valence-electron chi connectivity index (χ0n) is 67.1. The van der Waals surface area contributed by atoms with Crippen LogP contribution in [0.1, 0.15) is 64.2 Å². The Morgan fingerprint density at radius 2 is 0.659 bits per heavy atom. The van der Waals surface area contributed by atoms with Crippen molar-refractivity contribution in [3.8, 4) is 0 Å². The lowest BCUT2D eigenvalue weighted by atomic mass is 10.1. The maximum absolute atomic E-state index is 6.01. The summed E-state index contributed by atoms with van der Waals surface area (Å²) in [5, 5.41) is 45.9. The average Bonchev–Trinajstić information content (AvgIpc) is 1.70. The Morgan fingerprint density at radius 3 is 1.02 bits per heavy atom. The second-order valence-corrected chi connectivity index (χ2v) is 36.6. The van der Waals surface area contributed by atoms with E-state index in [1.54, 1.807) is 87.1 Å². The average molecular weight is 2140 g/mol. The third-order valence-electron chi connectivity index (χ3n) is 21.8. The molecule has 7 fully saturated rings. The second kappa shape index (κ2) is 39.9. The maximum atomic E-state index is 6.01. The van der Waals surface area contributed by atoms with Crippen LogP contribution in [-0.4, -0.2) is 243 Å². The van der Waals surface area contributed by atoms with Gasteiger partial charge in [0.1, 0.15) is 81.5 Å². The molecule has 0 unspecified atom stereocenters. The van der Waals surface area contributed by atoms with E-state index in [1.807, 2.05) is 30.3 Å². The Kier molecular flexibility index (Phi) is 28.7. The minimum absolute atomic E-state index is 0.225. The number of hydrogen-bond acceptors (Lipinski definition) is 35. The molecule has 0 bridgehead atoms. The van der Waals surface area contributed by atoms with E-state index in [0.717, 1.165) is 248 Å². The fourth-order valence-corrected chi connectivity index (χ4v) is 17.7. The van der Waals surface area contributed by atoms with Crippen LogP contribution in [0.5, 0.6) is 0 Å². The summed E-state index contributed by atoms with van der Waals surface area (Å²) >= 11 is 23.9. The quantitative estimate of drug-likeness (QED) is 0.0648. The van der Waals surface area contributed by atoms with E-state index in [4.69, 9.17) is 63.1 Å². The second-order valence-electron chi connectivity index (χ2n) is 30.6. The number of fused-ring (bicyclic) bond motifs is 7. The van der Waals surface area contributed by atoms with Gasteiger partial charge < -0.3 is 114 Å². The van der Waals surface area contributed by atoms with Crippen molar-refractivity contribution < 1.29 is 0 Å². The van der Waals surface area contributed by atoms with E-state index in [9.17, 15) is 0 Å². The van der Waals surface area contributed by atoms with Gasteiger partial charge in [-0.2, -0.15) is 67.3 Å². The molecule has 0 radical (unpaired) electrons. The molecule has 0 amide bonds. The van der Waals surface area contributed by atoms with Gasteiger partial charge in [0.25, 0.3) is 0 Å². The first-order valence-corrected chi connectivity index (χ1v) is 45.9. The number of nitrogens with two attached hydrogens (primary N) is 11. The van der Waals surface area contributed by atoms with Gasteiger partial charge in [0.15, 0.2) is 39.5 Å². The van der Waals surface area contributed by atoms with Crippen LogP contribution >= 0.6 is 112 Å². The summed E-state index contributed by atoms with van der Waals surface area (Å²) < 4.78 is 17.3. The Morgan fingerprint density at radius 1 is 0.325 bits per heavy atom. The molecule has 14 aromatic rings. The van der Waals surface area contributed by atoms with Crippen LogP contribution in [0, 0.1) is 0 Å². The molecular formula is C74H99Br7N42. The number of rotatable bonds is 12. The molecule has 0 spiro atoms. The van der Waals surface area contributed by atoms with Gasteiger partial charge >= 0.3 is 0 Å². The summed E-state index contributed by atoms with van der Waals surface area (Å²) in [6.45, 7) is 14.8. The van der Waals surface area contributed by atoms with Crippen molar-refractivity contribution in [2.45, 2.75) is 100 Å². The van der Waals surface area contributed by atoms with Crippen molar-refractivity contribution in [1.29, 1.82) is 0 Å². The Hall–Kier alpha value is -9.38. The molecule has 27 N–H and O–H groups in total. The van der Waals surface area contributed by atoms with Crippen molar-refractivity contribution in [1.82, 2.24) is 118 Å². The highest BCUT2D eigenvalue weighted by Crippen LogP contribution is 2.33. The molecule has 49 heteroatoms. The molecule has 7 aliphatic rings. The SMILES string of the molecule is NC[C@H]1CCCN1c1cc(N)n2ncc(Br)c2n1.Nc1cc(N2CC(N)C2)nc2c(Br)cnn12.Nc1cc(N2CCC(N)CC2)nc2c(Br)cnn12.Nc1cc(N2CCCNCC2)nc2c(Br)cnn12.Nc1cc(N2CC[C@@H](N)C2)nc2c(Br)cnn12.Nc1cc(NC[C@@H]2CCCN2)nc2c(Br)cnn12.Nc1cc(NC[C@H]2CCCN2)nc2c(Br)cnn12. The number of nitrogens with one attached hydrogen (secondary N) is 5. The lowest BCUT2D eigenvalue weighted by molar-refractivity contribution is 0.499. The standard InChI is InChI=1S/5C11H15BrN6.C10H13BrN6.C9H11BrN6/c12-8-6-15-18-9(14)5-10(16-11(8)18)17-3-1-7(13)2-4-17;12-8-7-15-18-9(13)6-10(16-11(8)18)17-4-1-2-14-3-5-17;2*12-8-6-16-18-9(13)4-10(17-11(8)18)15-5-7-2-1-3-14-7;12-8-6-15-18-9(14)4-10(16-11(8)18)17-3-1-2-7(17)5-13;11-7-4-14-17-8(13)3-9(15-10(7)17)16-2-1-6(12)5-16;10-6-2-13-16-7(12)1-8(14-9(6)16)15-3-5(11)4-15/h5-7H,1-4,13-14H2;6-7,14H,1-5,13H2;2*4,6-7,14H,1-3,5,13H2,(H,15,17);4,6-7H,1-3,5,13-14H2;3-4,6H,1-2,5,12-13H2;1-2,5H,3-4,11-12H2/t;;3*7-;6-;/m..1011./s1. The third kappa shape index (κ3) is 20.8. The van der Waals surface area contributed by atoms with Crippen molar-refractivity contribution in [2.75, 3.05) is 180 Å². The predicted molar refractivity (Wildman–Crippen MR) is 508 cm³/mol. The molecule has 14 aromatic heterocycles. The molecule has 0 saturated carbocycles. The number of aromatic nitrogens is 21. The monoisotopic (exact) mass is 2130 g/mol. The first-order chi connectivity index (χ1) is 59.4. The zero-order valence-corrected chi connectivity index (χ0v) is 78.2. The van der Waals surface area contributed by atoms with Gasteiger partial charge in [0.2, 0.25) is 0 Å². The molecule has 7 aliphatic heterocycles. The van der Waals surface area contributed by atoms with E-state index >= 15 is 0 Å². The van der Waals surface area contributed by atoms with Gasteiger partial charge in [-0.25, -0.2) is 34.9 Å². The molecule has 4 atom stereocenters. The minimum atomic E-state index is 0.225. The molecule has 0 aliphatic carbocycles. The zero-order chi connectivity index (χ0) is 86.3. The van der Waals surface area contributed by atoms with Crippen molar-refractivity contribution >= 4 is 232 Å². The summed E-state index contributed by atoms with van der Waals surface area (Å²) in [4.78, 5) is 42.9. The van der Waals surface area contributed by atoms with Crippen molar-refractivity contribution in [3.63, 3.8) is 0 Å². The first kappa shape index (κ1) is 88.5. The van der Waals surface area contributed by atoms with Crippen LogP contribution in [0.15, 0.2) is 117 Å². The highest BCUT2D eigenvalue weighted by Gasteiger charge is 2.29. The summed E-state index contributed by atoms with van der Waals surface area (Å²) in [5.41, 5.74) is 70.3. The fraction of sp³-hybridized carbons (Fsp3) is 0.432. The lowest BCUT2D eigenvalue weighted by Gasteiger charge is -2.37. The molecule has 7 saturated heterocycles. The Labute approximate surface area is 764 Å². The van der Waals surface area contributed by atoms with Gasteiger partial charge in [-0.15, -0.1) is 0 Å². The largest absolute Gasteiger partial charge is 0.383 e. The summed E-state index contributed by atoms with van der Waals surface area (Å²) in [6, 6.07) is 15.1. The molecule has 123 heavy (non-hydrogen) atoms. The normalized spacial score (nSPS) is 18.7. The van der Waals surface area contributed by atoms with Crippen LogP contribution in [0.25, 0.3) is 39.5 Å². The molecule has 21 heterocycles. The van der Waals surface area contributed by atoms with Crippen LogP contribution in [0.4, 0.5) is 81.5 Å². The first-order valence-electron chi connectivity index (χ1n) is 40.4. The van der Waals surface area contributed by atoms with Crippen LogP contribution in [0.2, 0.25) is 0 Å². The number of halogens is 7. The van der Waals surface area contributed by atoms with Crippen LogP contribution < -0.4 is 114 Å². The Balaban J connectivity index is 0.000000111. The third-order valence-corrected chi connectivity index (χ3v) is 25.7. The van der Waals surface area contributed by atoms with Crippen molar-refractivity contribution in [2.24, 2.45) is 22.9 Å². The molecule has 21 rings (SSSR count). The highest BCUT2D eigenvalue weighted by molar-refractivity contribution is 9.11. The number of nitrogen functional groups attached to an aromatic ring is 7. The van der Waals surface area contributed by atoms with Crippen LogP contribution in [0.3, 0.4) is 0 Å². The summed E-state index contributed by atoms with van der Waals surface area (Å²) in [5.74, 6) is 10.1. The van der Waals surface area contributed by atoms with Gasteiger partial charge in [-0.05, 0) is 195 Å². The van der Waals surface area contributed by atoms with Gasteiger partial charge in [-0.1, -0.05) is 0 Å². The highest BCUT2D eigenvalue weighted by atomic mass is 79.9. The topological polar surface area (TPSA) is 574 Å². The molecular weight excluding hydrogens is 2040 g/mol. The molecule has 0 aromatic carbocycles. The molecule has 42 nitrogen and oxygen atoms in total. The summed E-state index contributed by atoms with van der Waals surface area (Å²) in [7, 11) is 0. The maximum Gasteiger partial charge on any atom is 0.173 e. The van der Waals surface area contributed by atoms with Crippen molar-refractivity contribution in [3.05, 3.63) is 117 Å². The van der Waals surface area contributed by atoms with Crippen LogP contribution in [-0.2, 0) is 0 Å². The smallest absolute Gasteiger partial charge is 0.173 e. The van der Waals surface area contributed by atoms with E-state index in [0.29, 0.717) is 71.4 Å². The number of nitrogens with zero attached hydrogens (tertiary/aromatic N) is 26. The van der Waals surface area contributed by atoms with Gasteiger partial charge in [0.05, 0.1) is 74.7 Å². The fourth-order valence-electron chi connectivity index (χ4n) is 15.2. The van der Waals surface area contributed by atoms with Gasteiger partial charge in [-0.3, -0.25) is 0 Å².